The van der Waals surface area contributed by atoms with Crippen LogP contribution in [0.15, 0.2) is 41.7 Å². The Bertz CT molecular complexity index is 367. The fraction of sp³-hybridized carbons (Fsp3) is 0.200. The molecule has 0 saturated heterocycles. The number of rotatable bonds is 4. The predicted octanol–water partition coefficient (Wildman–Crippen LogP) is 3.06. The zero-order valence-electron chi connectivity index (χ0n) is 7.92. The molecule has 4 heteroatoms. The average Bonchev–Trinajstić information content (AvgIpc) is 2.25. The van der Waals surface area contributed by atoms with Crippen molar-refractivity contribution in [2.75, 3.05) is 7.11 Å². The molecule has 0 N–H and O–H groups in total. The predicted molar refractivity (Wildman–Crippen MR) is 55.0 cm³/mol. The van der Waals surface area contributed by atoms with Gasteiger partial charge in [0.15, 0.2) is 0 Å². The third-order valence-corrected chi connectivity index (χ3v) is 1.71. The zero-order valence-corrected chi connectivity index (χ0v) is 7.92. The molecule has 0 aromatic heterocycles. The number of nitrogens with zero attached hydrogens (tertiary/aromatic N) is 3. The van der Waals surface area contributed by atoms with Crippen molar-refractivity contribution in [1.29, 1.82) is 0 Å². The van der Waals surface area contributed by atoms with Gasteiger partial charge in [-0.2, -0.15) is 0 Å². The molecule has 0 aliphatic carbocycles. The number of hydrogen-bond acceptors (Lipinski definition) is 2. The number of allylic oxidation sites excluding steroid dienone is 1. The second kappa shape index (κ2) is 5.67. The van der Waals surface area contributed by atoms with Crippen molar-refractivity contribution in [3.8, 4) is 5.75 Å². The van der Waals surface area contributed by atoms with E-state index in [1.165, 1.54) is 6.20 Å². The van der Waals surface area contributed by atoms with Crippen molar-refractivity contribution >= 4 is 0 Å². The summed E-state index contributed by atoms with van der Waals surface area (Å²) in [6, 6.07) is 7.75. The smallest absolute Gasteiger partial charge is 0.119 e. The summed E-state index contributed by atoms with van der Waals surface area (Å²) >= 11 is 0. The molecule has 0 bridgehead atoms. The minimum absolute atomic E-state index is 0.732. The van der Waals surface area contributed by atoms with Crippen LogP contribution < -0.4 is 4.74 Å². The van der Waals surface area contributed by atoms with Crippen LogP contribution in [-0.2, 0) is 6.42 Å². The van der Waals surface area contributed by atoms with Crippen molar-refractivity contribution in [2.45, 2.75) is 6.42 Å². The molecule has 1 aromatic carbocycles. The highest BCUT2D eigenvalue weighted by atomic mass is 16.5. The van der Waals surface area contributed by atoms with E-state index in [0.29, 0.717) is 0 Å². The van der Waals surface area contributed by atoms with Gasteiger partial charge in [-0.1, -0.05) is 23.3 Å². The van der Waals surface area contributed by atoms with Crippen molar-refractivity contribution in [2.24, 2.45) is 5.11 Å². The van der Waals surface area contributed by atoms with Gasteiger partial charge >= 0.3 is 0 Å². The first-order valence-electron chi connectivity index (χ1n) is 4.19. The number of hydrogen-bond donors (Lipinski definition) is 0. The molecule has 0 saturated carbocycles. The van der Waals surface area contributed by atoms with Crippen LogP contribution in [0.4, 0.5) is 0 Å². The fourth-order valence-electron chi connectivity index (χ4n) is 1.07. The summed E-state index contributed by atoms with van der Waals surface area (Å²) in [6.45, 7) is 0. The SMILES string of the molecule is COc1cccc(C/C=C/N=[N+]=[N-])c1. The maximum Gasteiger partial charge on any atom is 0.119 e. The Morgan fingerprint density at radius 3 is 3.14 bits per heavy atom. The Morgan fingerprint density at radius 2 is 2.43 bits per heavy atom. The highest BCUT2D eigenvalue weighted by Crippen LogP contribution is 2.12. The summed E-state index contributed by atoms with van der Waals surface area (Å²) in [4.78, 5) is 2.61. The Kier molecular flexibility index (Phi) is 4.11. The third-order valence-electron chi connectivity index (χ3n) is 1.71. The van der Waals surface area contributed by atoms with Crippen LogP contribution >= 0.6 is 0 Å². The van der Waals surface area contributed by atoms with E-state index in [2.05, 4.69) is 10.0 Å². The number of benzene rings is 1. The summed E-state index contributed by atoms with van der Waals surface area (Å²) in [5, 5.41) is 3.30. The van der Waals surface area contributed by atoms with Gasteiger partial charge in [-0.15, -0.1) is 0 Å². The highest BCUT2D eigenvalue weighted by molar-refractivity contribution is 5.29. The van der Waals surface area contributed by atoms with Gasteiger partial charge in [0.05, 0.1) is 7.11 Å². The Labute approximate surface area is 82.4 Å². The van der Waals surface area contributed by atoms with Gasteiger partial charge in [0.1, 0.15) is 5.75 Å². The molecule has 72 valence electrons. The van der Waals surface area contributed by atoms with Crippen molar-refractivity contribution in [3.63, 3.8) is 0 Å². The molecule has 0 radical (unpaired) electrons. The van der Waals surface area contributed by atoms with E-state index >= 15 is 0 Å². The minimum Gasteiger partial charge on any atom is -0.497 e. The van der Waals surface area contributed by atoms with E-state index < -0.39 is 0 Å². The maximum absolute atomic E-state index is 8.03. The monoisotopic (exact) mass is 189 g/mol. The first kappa shape index (κ1) is 10.2. The Morgan fingerprint density at radius 1 is 1.57 bits per heavy atom. The lowest BCUT2D eigenvalue weighted by molar-refractivity contribution is 0.414. The van der Waals surface area contributed by atoms with Crippen molar-refractivity contribution in [1.82, 2.24) is 0 Å². The van der Waals surface area contributed by atoms with Crippen LogP contribution in [0.3, 0.4) is 0 Å². The zero-order chi connectivity index (χ0) is 10.2. The van der Waals surface area contributed by atoms with E-state index in [9.17, 15) is 0 Å². The van der Waals surface area contributed by atoms with Crippen molar-refractivity contribution < 1.29 is 4.74 Å². The van der Waals surface area contributed by atoms with Gasteiger partial charge in [-0.3, -0.25) is 0 Å². The largest absolute Gasteiger partial charge is 0.497 e. The van der Waals surface area contributed by atoms with Crippen LogP contribution in [0.25, 0.3) is 10.4 Å². The molecular weight excluding hydrogens is 178 g/mol. The molecule has 1 aromatic rings. The molecule has 14 heavy (non-hydrogen) atoms. The Balaban J connectivity index is 2.62. The van der Waals surface area contributed by atoms with E-state index in [1.54, 1.807) is 13.2 Å². The first-order valence-corrected chi connectivity index (χ1v) is 4.19. The lowest BCUT2D eigenvalue weighted by Gasteiger charge is -2.00. The quantitative estimate of drug-likeness (QED) is 0.408. The van der Waals surface area contributed by atoms with Crippen LogP contribution in [0.1, 0.15) is 5.56 Å². The number of methoxy groups -OCH3 is 1. The van der Waals surface area contributed by atoms with Gasteiger partial charge in [-0.05, 0) is 35.8 Å². The molecule has 0 aliphatic heterocycles. The summed E-state index contributed by atoms with van der Waals surface area (Å²) in [6.07, 6.45) is 3.98. The molecule has 0 aliphatic rings. The molecule has 0 atom stereocenters. The van der Waals surface area contributed by atoms with Crippen molar-refractivity contribution in [3.05, 3.63) is 52.5 Å². The molecule has 1 rings (SSSR count). The van der Waals surface area contributed by atoms with Crippen LogP contribution in [0.2, 0.25) is 0 Å². The number of ether oxygens (including phenoxy) is 1. The second-order valence-electron chi connectivity index (χ2n) is 2.65. The average molecular weight is 189 g/mol. The standard InChI is InChI=1S/C10H11N3O/c1-14-10-6-2-4-9(8-10)5-3-7-12-13-11/h2-4,6-8H,5H2,1H3/b7-3+. The molecule has 0 fully saturated rings. The van der Waals surface area contributed by atoms with Crippen LogP contribution in [-0.4, -0.2) is 7.11 Å². The van der Waals surface area contributed by atoms with E-state index in [1.807, 2.05) is 24.3 Å². The van der Waals surface area contributed by atoms with Gasteiger partial charge in [0.25, 0.3) is 0 Å². The van der Waals surface area contributed by atoms with E-state index in [4.69, 9.17) is 10.3 Å². The minimum atomic E-state index is 0.732. The maximum atomic E-state index is 8.03. The molecule has 4 nitrogen and oxygen atoms in total. The van der Waals surface area contributed by atoms with Gasteiger partial charge in [0.2, 0.25) is 0 Å². The molecule has 0 heterocycles. The molecule has 0 spiro atoms. The Hall–Kier alpha value is -1.93. The summed E-state index contributed by atoms with van der Waals surface area (Å²) in [5.74, 6) is 0.833. The molecule has 0 amide bonds. The van der Waals surface area contributed by atoms with Crippen LogP contribution in [0.5, 0.6) is 5.75 Å². The first-order chi connectivity index (χ1) is 6.86. The normalized spacial score (nSPS) is 9.79. The summed E-state index contributed by atoms with van der Waals surface area (Å²) in [5.41, 5.74) is 9.15. The van der Waals surface area contributed by atoms with Gasteiger partial charge in [-0.25, -0.2) is 0 Å². The van der Waals surface area contributed by atoms with Crippen LogP contribution in [0, 0.1) is 0 Å². The van der Waals surface area contributed by atoms with E-state index in [0.717, 1.165) is 17.7 Å². The topological polar surface area (TPSA) is 58.0 Å². The molecule has 0 unspecified atom stereocenters. The highest BCUT2D eigenvalue weighted by Gasteiger charge is 1.92. The summed E-state index contributed by atoms with van der Waals surface area (Å²) < 4.78 is 5.08. The fourth-order valence-corrected chi connectivity index (χ4v) is 1.07. The lowest BCUT2D eigenvalue weighted by Crippen LogP contribution is -1.85. The van der Waals surface area contributed by atoms with E-state index in [-0.39, 0.29) is 0 Å². The van der Waals surface area contributed by atoms with Gasteiger partial charge < -0.3 is 4.74 Å². The van der Waals surface area contributed by atoms with Gasteiger partial charge in [0, 0.05) is 4.91 Å². The second-order valence-corrected chi connectivity index (χ2v) is 2.65. The lowest BCUT2D eigenvalue weighted by atomic mass is 10.1. The number of azide groups is 1. The molecular formula is C10H11N3O. The summed E-state index contributed by atoms with van der Waals surface area (Å²) in [7, 11) is 1.63. The third kappa shape index (κ3) is 3.21.